The Morgan fingerprint density at radius 1 is 1.03 bits per heavy atom. The second kappa shape index (κ2) is 9.06. The molecule has 2 amide bonds. The van der Waals surface area contributed by atoms with Crippen molar-refractivity contribution in [2.45, 2.75) is 38.8 Å². The average Bonchev–Trinajstić information content (AvgIpc) is 3.38. The number of rotatable bonds is 5. The van der Waals surface area contributed by atoms with Crippen LogP contribution in [0.5, 0.6) is 0 Å². The van der Waals surface area contributed by atoms with Crippen LogP contribution in [0, 0.1) is 18.7 Å². The van der Waals surface area contributed by atoms with Crippen molar-refractivity contribution in [2.75, 3.05) is 4.90 Å². The van der Waals surface area contributed by atoms with E-state index in [4.69, 9.17) is 0 Å². The largest absolute Gasteiger partial charge is 0.345 e. The summed E-state index contributed by atoms with van der Waals surface area (Å²) in [5.41, 5.74) is 3.64. The Kier molecular flexibility index (Phi) is 6.01. The number of hydrogen-bond acceptors (Lipinski definition) is 3. The first-order chi connectivity index (χ1) is 17.5. The van der Waals surface area contributed by atoms with Crippen LogP contribution in [0.4, 0.5) is 18.9 Å². The van der Waals surface area contributed by atoms with Gasteiger partial charge in [0, 0.05) is 18.0 Å². The van der Waals surface area contributed by atoms with E-state index in [1.54, 1.807) is 53.0 Å². The number of carbonyl (C=O) groups excluding carboxylic acids is 2. The molecule has 9 heteroatoms. The highest BCUT2D eigenvalue weighted by molar-refractivity contribution is 6.01. The van der Waals surface area contributed by atoms with Crippen LogP contribution in [0.2, 0.25) is 0 Å². The predicted octanol–water partition coefficient (Wildman–Crippen LogP) is 5.34. The molecule has 1 aliphatic rings. The van der Waals surface area contributed by atoms with Crippen molar-refractivity contribution in [1.82, 2.24) is 15.1 Å². The average molecular weight is 507 g/mol. The van der Waals surface area contributed by atoms with Gasteiger partial charge in [-0.15, -0.1) is 0 Å². The number of carbonyl (C=O) groups is 2. The summed E-state index contributed by atoms with van der Waals surface area (Å²) in [5, 5.41) is 7.59. The smallest absolute Gasteiger partial charge is 0.321 e. The molecule has 2 heterocycles. The Balaban J connectivity index is 1.58. The number of aromatic nitrogens is 2. The fourth-order valence-electron chi connectivity index (χ4n) is 4.88. The molecule has 1 aliphatic heterocycles. The Labute approximate surface area is 211 Å². The number of halogens is 3. The van der Waals surface area contributed by atoms with Crippen molar-refractivity contribution in [1.29, 1.82) is 0 Å². The van der Waals surface area contributed by atoms with Crippen LogP contribution in [0.15, 0.2) is 72.9 Å². The third kappa shape index (κ3) is 4.45. The van der Waals surface area contributed by atoms with Crippen LogP contribution in [-0.2, 0) is 9.59 Å². The molecule has 0 saturated carbocycles. The molecule has 1 unspecified atom stereocenters. The highest BCUT2D eigenvalue weighted by Gasteiger charge is 2.49. The van der Waals surface area contributed by atoms with E-state index in [2.05, 4.69) is 10.4 Å². The van der Waals surface area contributed by atoms with Gasteiger partial charge in [-0.25, -0.2) is 9.07 Å². The molecule has 0 bridgehead atoms. The number of amides is 2. The second-order valence-corrected chi connectivity index (χ2v) is 9.52. The fourth-order valence-corrected chi connectivity index (χ4v) is 4.88. The van der Waals surface area contributed by atoms with Gasteiger partial charge in [0.25, 0.3) is 5.91 Å². The van der Waals surface area contributed by atoms with Crippen LogP contribution in [0.1, 0.15) is 31.0 Å². The lowest BCUT2D eigenvalue weighted by Crippen LogP contribution is -2.48. The van der Waals surface area contributed by atoms with E-state index in [1.165, 1.54) is 12.1 Å². The number of fused-ring (bicyclic) bond motifs is 1. The minimum atomic E-state index is -3.58. The Morgan fingerprint density at radius 2 is 1.73 bits per heavy atom. The summed E-state index contributed by atoms with van der Waals surface area (Å²) in [6.07, 6.45) is 1.64. The van der Waals surface area contributed by atoms with E-state index in [0.29, 0.717) is 18.3 Å². The topological polar surface area (TPSA) is 67.2 Å². The van der Waals surface area contributed by atoms with Crippen molar-refractivity contribution in [2.24, 2.45) is 5.92 Å². The van der Waals surface area contributed by atoms with Crippen LogP contribution in [-0.4, -0.2) is 33.6 Å². The lowest BCUT2D eigenvalue weighted by molar-refractivity contribution is -0.144. The van der Waals surface area contributed by atoms with E-state index >= 15 is 0 Å². The molecule has 1 fully saturated rings. The monoisotopic (exact) mass is 506 g/mol. The lowest BCUT2D eigenvalue weighted by atomic mass is 9.93. The zero-order valence-electron chi connectivity index (χ0n) is 20.5. The summed E-state index contributed by atoms with van der Waals surface area (Å²) in [6.45, 7) is 4.07. The van der Waals surface area contributed by atoms with Gasteiger partial charge in [0.2, 0.25) is 5.91 Å². The molecule has 3 atom stereocenters. The first-order valence-electron chi connectivity index (χ1n) is 11.9. The maximum Gasteiger partial charge on any atom is 0.321 e. The van der Waals surface area contributed by atoms with Gasteiger partial charge >= 0.3 is 5.92 Å². The van der Waals surface area contributed by atoms with Crippen molar-refractivity contribution >= 4 is 28.4 Å². The molecule has 1 saturated heterocycles. The van der Waals surface area contributed by atoms with E-state index in [-0.39, 0.29) is 11.7 Å². The minimum Gasteiger partial charge on any atom is -0.345 e. The minimum absolute atomic E-state index is 0.290. The van der Waals surface area contributed by atoms with Gasteiger partial charge in [-0.2, -0.15) is 13.9 Å². The molecule has 0 aliphatic carbocycles. The van der Waals surface area contributed by atoms with E-state index in [0.717, 1.165) is 22.0 Å². The molecule has 0 spiro atoms. The van der Waals surface area contributed by atoms with E-state index < -0.39 is 29.8 Å². The molecule has 1 N–H and O–H groups in total. The van der Waals surface area contributed by atoms with Gasteiger partial charge < -0.3 is 10.2 Å². The molecule has 190 valence electrons. The highest BCUT2D eigenvalue weighted by atomic mass is 19.3. The first-order valence-corrected chi connectivity index (χ1v) is 11.9. The molecule has 37 heavy (non-hydrogen) atoms. The summed E-state index contributed by atoms with van der Waals surface area (Å²) in [6, 6.07) is 17.2. The zero-order chi connectivity index (χ0) is 26.5. The van der Waals surface area contributed by atoms with Crippen molar-refractivity contribution < 1.29 is 22.8 Å². The standard InChI is InChI=1S/C28H25F3N4O2/c1-16-5-4-6-18(13-16)25-24(33-27(37)28(3,30)31)17(2)26(36)34(25)22-11-12-23-19(14-22)15-32-35(23)21-9-7-20(29)8-10-21/h4-15,17,24-25H,1-3H3,(H,33,37)/t17-,24+,25?/m1/s1. The van der Waals surface area contributed by atoms with Crippen molar-refractivity contribution in [3.8, 4) is 5.69 Å². The fraction of sp³-hybridized carbons (Fsp3) is 0.250. The summed E-state index contributed by atoms with van der Waals surface area (Å²) < 4.78 is 42.7. The van der Waals surface area contributed by atoms with Gasteiger partial charge in [0.15, 0.2) is 0 Å². The SMILES string of the molecule is Cc1cccc(C2[C@@H](NC(=O)C(C)(F)F)[C@@H](C)C(=O)N2c2ccc3c(cnn3-c3ccc(F)cc3)c2)c1. The van der Waals surface area contributed by atoms with Gasteiger partial charge in [-0.1, -0.05) is 36.8 Å². The summed E-state index contributed by atoms with van der Waals surface area (Å²) in [5.74, 6) is -6.39. The summed E-state index contributed by atoms with van der Waals surface area (Å²) >= 11 is 0. The molecule has 6 nitrogen and oxygen atoms in total. The Bertz CT molecular complexity index is 1490. The highest BCUT2D eigenvalue weighted by Crippen LogP contribution is 2.41. The van der Waals surface area contributed by atoms with Gasteiger partial charge in [0.05, 0.1) is 35.4 Å². The number of nitrogens with zero attached hydrogens (tertiary/aromatic N) is 3. The summed E-state index contributed by atoms with van der Waals surface area (Å²) in [7, 11) is 0. The molecular formula is C28H25F3N4O2. The third-order valence-corrected chi connectivity index (χ3v) is 6.77. The molecule has 3 aromatic carbocycles. The quantitative estimate of drug-likeness (QED) is 0.398. The Hall–Kier alpha value is -4.14. The van der Waals surface area contributed by atoms with Gasteiger partial charge in [-0.3, -0.25) is 9.59 Å². The third-order valence-electron chi connectivity index (χ3n) is 6.77. The number of anilines is 1. The van der Waals surface area contributed by atoms with Crippen molar-refractivity contribution in [3.05, 3.63) is 89.9 Å². The van der Waals surface area contributed by atoms with Crippen LogP contribution in [0.3, 0.4) is 0 Å². The normalized spacial score (nSPS) is 20.0. The molecule has 4 aromatic rings. The molecular weight excluding hydrogens is 481 g/mol. The van der Waals surface area contributed by atoms with Crippen LogP contribution < -0.4 is 10.2 Å². The number of aryl methyl sites for hydroxylation is 1. The number of benzene rings is 3. The first kappa shape index (κ1) is 24.5. The predicted molar refractivity (Wildman–Crippen MR) is 134 cm³/mol. The summed E-state index contributed by atoms with van der Waals surface area (Å²) in [4.78, 5) is 27.4. The van der Waals surface area contributed by atoms with Gasteiger partial charge in [0.1, 0.15) is 5.82 Å². The lowest BCUT2D eigenvalue weighted by Gasteiger charge is -2.30. The number of alkyl halides is 2. The van der Waals surface area contributed by atoms with Gasteiger partial charge in [-0.05, 0) is 55.0 Å². The molecule has 0 radical (unpaired) electrons. The molecule has 5 rings (SSSR count). The Morgan fingerprint density at radius 3 is 2.41 bits per heavy atom. The number of hydrogen-bond donors (Lipinski definition) is 1. The van der Waals surface area contributed by atoms with E-state index in [9.17, 15) is 22.8 Å². The van der Waals surface area contributed by atoms with Crippen molar-refractivity contribution in [3.63, 3.8) is 0 Å². The second-order valence-electron chi connectivity index (χ2n) is 9.52. The maximum absolute atomic E-state index is 13.8. The van der Waals surface area contributed by atoms with Crippen LogP contribution >= 0.6 is 0 Å². The maximum atomic E-state index is 13.8. The molecule has 1 aromatic heterocycles. The van der Waals surface area contributed by atoms with Crippen LogP contribution in [0.25, 0.3) is 16.6 Å². The number of nitrogens with one attached hydrogen (secondary N) is 1. The van der Waals surface area contributed by atoms with E-state index in [1.807, 2.05) is 31.2 Å². The zero-order valence-corrected chi connectivity index (χ0v) is 20.5.